The lowest BCUT2D eigenvalue weighted by Crippen LogP contribution is -2.33. The maximum Gasteiger partial charge on any atom is 0.323 e. The molecule has 2 aromatic rings. The molecular weight excluding hydrogens is 452 g/mol. The summed E-state index contributed by atoms with van der Waals surface area (Å²) in [5.74, 6) is -0.796. The third-order valence-electron chi connectivity index (χ3n) is 4.46. The van der Waals surface area contributed by atoms with E-state index in [1.54, 1.807) is 42.5 Å². The Morgan fingerprint density at radius 2 is 1.75 bits per heavy atom. The molecule has 1 heterocycles. The van der Waals surface area contributed by atoms with Gasteiger partial charge in [0.25, 0.3) is 5.91 Å². The highest BCUT2D eigenvalue weighted by molar-refractivity contribution is 8.26. The Morgan fingerprint density at radius 3 is 2.31 bits per heavy atom. The van der Waals surface area contributed by atoms with Crippen LogP contribution >= 0.6 is 24.0 Å². The van der Waals surface area contributed by atoms with Gasteiger partial charge in [0.1, 0.15) is 28.4 Å². The Balaban J connectivity index is 1.62. The standard InChI is InChI=1S/C22H20N2O6S2/c1-29-21(28)17(23)10-13-2-6-15(7-3-13)30-16-8-4-14(5-9-16)11-18-20(27)24(12-19(25)26)22(31)32-18/h2-9,11,17H,10,12,23H2,1H3,(H,25,26)/b18-11-. The van der Waals surface area contributed by atoms with Crippen molar-refractivity contribution in [2.75, 3.05) is 13.7 Å². The van der Waals surface area contributed by atoms with Gasteiger partial charge in [-0.05, 0) is 47.9 Å². The quantitative estimate of drug-likeness (QED) is 0.339. The van der Waals surface area contributed by atoms with Gasteiger partial charge in [-0.3, -0.25) is 19.3 Å². The van der Waals surface area contributed by atoms with Crippen molar-refractivity contribution in [3.8, 4) is 11.5 Å². The Hall–Kier alpha value is -3.21. The van der Waals surface area contributed by atoms with Gasteiger partial charge >= 0.3 is 11.9 Å². The fraction of sp³-hybridized carbons (Fsp3) is 0.182. The number of hydrogen-bond acceptors (Lipinski definition) is 8. The average molecular weight is 473 g/mol. The summed E-state index contributed by atoms with van der Waals surface area (Å²) >= 11 is 6.16. The summed E-state index contributed by atoms with van der Waals surface area (Å²) in [6.07, 6.45) is 2.02. The number of carboxylic acid groups (broad SMARTS) is 1. The van der Waals surface area contributed by atoms with Crippen LogP contribution in [0.5, 0.6) is 11.5 Å². The van der Waals surface area contributed by atoms with Crippen molar-refractivity contribution in [3.63, 3.8) is 0 Å². The fourth-order valence-electron chi connectivity index (χ4n) is 2.87. The number of carbonyl (C=O) groups excluding carboxylic acids is 2. The number of carbonyl (C=O) groups is 3. The maximum absolute atomic E-state index is 12.3. The zero-order valence-corrected chi connectivity index (χ0v) is 18.7. The van der Waals surface area contributed by atoms with E-state index in [-0.39, 0.29) is 4.32 Å². The normalized spacial score (nSPS) is 15.7. The molecule has 1 aliphatic heterocycles. The van der Waals surface area contributed by atoms with Crippen LogP contribution in [0.3, 0.4) is 0 Å². The predicted octanol–water partition coefficient (Wildman–Crippen LogP) is 2.81. The number of methoxy groups -OCH3 is 1. The first kappa shape index (κ1) is 23.5. The molecule has 0 bridgehead atoms. The number of nitrogens with zero attached hydrogens (tertiary/aromatic N) is 1. The number of thiocarbonyl (C=S) groups is 1. The zero-order valence-electron chi connectivity index (χ0n) is 17.0. The van der Waals surface area contributed by atoms with Crippen LogP contribution in [0, 0.1) is 0 Å². The molecule has 1 amide bonds. The molecule has 0 aliphatic carbocycles. The second kappa shape index (κ2) is 10.4. The van der Waals surface area contributed by atoms with Gasteiger partial charge in [-0.15, -0.1) is 0 Å². The lowest BCUT2D eigenvalue weighted by atomic mass is 10.1. The average Bonchev–Trinajstić information content (AvgIpc) is 3.02. The van der Waals surface area contributed by atoms with Crippen molar-refractivity contribution in [3.05, 3.63) is 64.6 Å². The summed E-state index contributed by atoms with van der Waals surface area (Å²) in [6, 6.07) is 13.6. The molecule has 1 fully saturated rings. The third kappa shape index (κ3) is 5.94. The number of hydrogen-bond donors (Lipinski definition) is 2. The Labute approximate surface area is 194 Å². The molecule has 166 valence electrons. The predicted molar refractivity (Wildman–Crippen MR) is 124 cm³/mol. The molecule has 8 nitrogen and oxygen atoms in total. The minimum atomic E-state index is -1.12. The molecule has 0 saturated carbocycles. The summed E-state index contributed by atoms with van der Waals surface area (Å²) in [4.78, 5) is 36.1. The second-order valence-electron chi connectivity index (χ2n) is 6.81. The van der Waals surface area contributed by atoms with Crippen molar-refractivity contribution >= 4 is 52.2 Å². The third-order valence-corrected chi connectivity index (χ3v) is 5.84. The number of benzene rings is 2. The van der Waals surface area contributed by atoms with Crippen LogP contribution in [0.25, 0.3) is 6.08 Å². The molecule has 1 saturated heterocycles. The van der Waals surface area contributed by atoms with Crippen LogP contribution in [-0.2, 0) is 25.5 Å². The summed E-state index contributed by atoms with van der Waals surface area (Å²) in [7, 11) is 1.30. The van der Waals surface area contributed by atoms with Gasteiger partial charge in [-0.25, -0.2) is 0 Å². The number of esters is 1. The number of amides is 1. The van der Waals surface area contributed by atoms with E-state index >= 15 is 0 Å². The van der Waals surface area contributed by atoms with E-state index in [0.29, 0.717) is 22.8 Å². The van der Waals surface area contributed by atoms with Crippen molar-refractivity contribution < 1.29 is 29.0 Å². The van der Waals surface area contributed by atoms with Crippen molar-refractivity contribution in [2.45, 2.75) is 12.5 Å². The van der Waals surface area contributed by atoms with E-state index in [1.807, 2.05) is 12.1 Å². The van der Waals surface area contributed by atoms with Gasteiger partial charge in [0, 0.05) is 0 Å². The van der Waals surface area contributed by atoms with E-state index in [9.17, 15) is 14.4 Å². The van der Waals surface area contributed by atoms with Crippen molar-refractivity contribution in [2.24, 2.45) is 5.73 Å². The van der Waals surface area contributed by atoms with Crippen LogP contribution in [0.4, 0.5) is 0 Å². The minimum absolute atomic E-state index is 0.222. The van der Waals surface area contributed by atoms with E-state index in [2.05, 4.69) is 4.74 Å². The summed E-state index contributed by atoms with van der Waals surface area (Å²) in [5.41, 5.74) is 7.40. The Bertz CT molecular complexity index is 1070. The highest BCUT2D eigenvalue weighted by atomic mass is 32.2. The molecule has 3 rings (SSSR count). The maximum atomic E-state index is 12.3. The van der Waals surface area contributed by atoms with Gasteiger partial charge < -0.3 is 20.3 Å². The summed E-state index contributed by atoms with van der Waals surface area (Å²) in [6.45, 7) is -0.456. The van der Waals surface area contributed by atoms with E-state index in [0.717, 1.165) is 27.8 Å². The van der Waals surface area contributed by atoms with Crippen molar-refractivity contribution in [1.82, 2.24) is 4.90 Å². The lowest BCUT2D eigenvalue weighted by Gasteiger charge is -2.10. The first-order valence-corrected chi connectivity index (χ1v) is 10.7. The Kier molecular flexibility index (Phi) is 7.62. The Morgan fingerprint density at radius 1 is 1.16 bits per heavy atom. The van der Waals surface area contributed by atoms with Crippen LogP contribution in [-0.4, -0.2) is 51.9 Å². The van der Waals surface area contributed by atoms with Crippen LogP contribution in [0.2, 0.25) is 0 Å². The first-order valence-electron chi connectivity index (χ1n) is 9.44. The topological polar surface area (TPSA) is 119 Å². The molecule has 3 N–H and O–H groups in total. The SMILES string of the molecule is COC(=O)C(N)Cc1ccc(Oc2ccc(/C=C3\SC(=S)N(CC(=O)O)C3=O)cc2)cc1. The number of thioether (sulfide) groups is 1. The van der Waals surface area contributed by atoms with E-state index in [1.165, 1.54) is 7.11 Å². The second-order valence-corrected chi connectivity index (χ2v) is 8.49. The number of nitrogens with two attached hydrogens (primary N) is 1. The molecule has 32 heavy (non-hydrogen) atoms. The molecule has 1 unspecified atom stereocenters. The fourth-order valence-corrected chi connectivity index (χ4v) is 4.13. The number of aliphatic carboxylic acids is 1. The van der Waals surface area contributed by atoms with Gasteiger partial charge in [0.15, 0.2) is 0 Å². The van der Waals surface area contributed by atoms with E-state index < -0.39 is 30.4 Å². The van der Waals surface area contributed by atoms with Gasteiger partial charge in [0.2, 0.25) is 0 Å². The zero-order chi connectivity index (χ0) is 23.3. The molecule has 2 aromatic carbocycles. The van der Waals surface area contributed by atoms with Crippen LogP contribution in [0.15, 0.2) is 53.4 Å². The van der Waals surface area contributed by atoms with E-state index in [4.69, 9.17) is 27.8 Å². The van der Waals surface area contributed by atoms with Gasteiger partial charge in [0.05, 0.1) is 12.0 Å². The smallest absolute Gasteiger partial charge is 0.323 e. The summed E-state index contributed by atoms with van der Waals surface area (Å²) in [5, 5.41) is 8.90. The van der Waals surface area contributed by atoms with Crippen LogP contribution < -0.4 is 10.5 Å². The molecule has 0 aromatic heterocycles. The number of ether oxygens (including phenoxy) is 2. The lowest BCUT2D eigenvalue weighted by molar-refractivity contribution is -0.142. The monoisotopic (exact) mass is 472 g/mol. The molecule has 0 radical (unpaired) electrons. The molecular formula is C22H20N2O6S2. The van der Waals surface area contributed by atoms with Crippen LogP contribution in [0.1, 0.15) is 11.1 Å². The first-order chi connectivity index (χ1) is 15.3. The molecule has 0 spiro atoms. The number of carboxylic acids is 1. The molecule has 10 heteroatoms. The highest BCUT2D eigenvalue weighted by Crippen LogP contribution is 2.32. The molecule has 1 atom stereocenters. The van der Waals surface area contributed by atoms with Gasteiger partial charge in [-0.2, -0.15) is 0 Å². The molecule has 1 aliphatic rings. The summed E-state index contributed by atoms with van der Waals surface area (Å²) < 4.78 is 10.7. The van der Waals surface area contributed by atoms with Crippen molar-refractivity contribution in [1.29, 1.82) is 0 Å². The largest absolute Gasteiger partial charge is 0.480 e. The highest BCUT2D eigenvalue weighted by Gasteiger charge is 2.33. The number of rotatable bonds is 8. The van der Waals surface area contributed by atoms with Gasteiger partial charge in [-0.1, -0.05) is 48.2 Å². The minimum Gasteiger partial charge on any atom is -0.480 e.